The van der Waals surface area contributed by atoms with E-state index in [0.29, 0.717) is 23.5 Å². The molecule has 0 aromatic heterocycles. The summed E-state index contributed by atoms with van der Waals surface area (Å²) in [6.45, 7) is 6.10. The molecular weight excluding hydrogens is 276 g/mol. The Labute approximate surface area is 130 Å². The molecule has 1 aliphatic carbocycles. The lowest BCUT2D eigenvalue weighted by atomic mass is 9.85. The number of rotatable bonds is 2. The van der Waals surface area contributed by atoms with Gasteiger partial charge in [-0.05, 0) is 25.0 Å². The highest BCUT2D eigenvalue weighted by Gasteiger charge is 2.39. The molecule has 1 aromatic rings. The normalized spacial score (nSPS) is 21.7. The number of Topliss-reactive ketones (excluding diaryl/α,β-unsaturated/α-hetero) is 2. The van der Waals surface area contributed by atoms with E-state index in [1.54, 1.807) is 6.92 Å². The van der Waals surface area contributed by atoms with E-state index in [1.165, 1.54) is 0 Å². The Bertz CT molecular complexity index is 763. The summed E-state index contributed by atoms with van der Waals surface area (Å²) >= 11 is 0. The average molecular weight is 294 g/mol. The van der Waals surface area contributed by atoms with Gasteiger partial charge in [0.2, 0.25) is 11.6 Å². The second-order valence-electron chi connectivity index (χ2n) is 5.84. The molecule has 1 atom stereocenters. The largest absolute Gasteiger partial charge is 0.492 e. The summed E-state index contributed by atoms with van der Waals surface area (Å²) < 4.78 is 5.69. The van der Waals surface area contributed by atoms with Crippen molar-refractivity contribution < 1.29 is 14.3 Å². The van der Waals surface area contributed by atoms with E-state index >= 15 is 0 Å². The van der Waals surface area contributed by atoms with Crippen LogP contribution in [-0.4, -0.2) is 18.2 Å². The van der Waals surface area contributed by atoms with Gasteiger partial charge < -0.3 is 4.74 Å². The van der Waals surface area contributed by atoms with Crippen molar-refractivity contribution >= 4 is 17.6 Å². The zero-order valence-electron chi connectivity index (χ0n) is 13.0. The molecule has 0 amide bonds. The lowest BCUT2D eigenvalue weighted by Gasteiger charge is -2.16. The summed E-state index contributed by atoms with van der Waals surface area (Å²) in [7, 11) is 0. The molecular formula is C19H18O3. The van der Waals surface area contributed by atoms with Gasteiger partial charge in [-0.2, -0.15) is 0 Å². The van der Waals surface area contributed by atoms with E-state index in [2.05, 4.69) is 0 Å². The lowest BCUT2D eigenvalue weighted by molar-refractivity contribution is -0.132. The molecule has 3 heteroatoms. The molecule has 0 spiro atoms. The molecule has 0 saturated heterocycles. The van der Waals surface area contributed by atoms with E-state index in [1.807, 2.05) is 50.3 Å². The standard InChI is InChI=1S/C19H18O3/c1-11-6-4-5-7-14(11)8-9-15-13(3)17(20)18(21)16-12(2)10-22-19(15)16/h4-9,12H,10H2,1-3H3/b9-8-. The van der Waals surface area contributed by atoms with Crippen LogP contribution >= 0.6 is 0 Å². The summed E-state index contributed by atoms with van der Waals surface area (Å²) in [4.78, 5) is 24.3. The number of benzene rings is 1. The van der Waals surface area contributed by atoms with Crippen molar-refractivity contribution in [3.05, 3.63) is 63.9 Å². The van der Waals surface area contributed by atoms with E-state index < -0.39 is 11.6 Å². The molecule has 2 aliphatic rings. The molecule has 112 valence electrons. The Morgan fingerprint density at radius 2 is 1.82 bits per heavy atom. The third-order valence-electron chi connectivity index (χ3n) is 4.27. The molecule has 1 unspecified atom stereocenters. The predicted octanol–water partition coefficient (Wildman–Crippen LogP) is 3.40. The van der Waals surface area contributed by atoms with Crippen molar-refractivity contribution in [2.45, 2.75) is 20.8 Å². The minimum atomic E-state index is -0.416. The summed E-state index contributed by atoms with van der Waals surface area (Å²) in [6, 6.07) is 8.02. The van der Waals surface area contributed by atoms with Crippen LogP contribution in [0.25, 0.3) is 6.08 Å². The van der Waals surface area contributed by atoms with Crippen LogP contribution in [0.2, 0.25) is 0 Å². The van der Waals surface area contributed by atoms with Crippen molar-refractivity contribution in [1.82, 2.24) is 0 Å². The SMILES string of the molecule is CC1=C(/C=C\c2ccccc2C)C2=C(C(=O)C1=O)C(C)CO2. The van der Waals surface area contributed by atoms with Gasteiger partial charge >= 0.3 is 0 Å². The van der Waals surface area contributed by atoms with E-state index in [-0.39, 0.29) is 5.92 Å². The van der Waals surface area contributed by atoms with Crippen LogP contribution in [0.3, 0.4) is 0 Å². The van der Waals surface area contributed by atoms with Crippen LogP contribution in [0.4, 0.5) is 0 Å². The van der Waals surface area contributed by atoms with Crippen molar-refractivity contribution in [3.63, 3.8) is 0 Å². The van der Waals surface area contributed by atoms with E-state index in [0.717, 1.165) is 16.7 Å². The van der Waals surface area contributed by atoms with Crippen molar-refractivity contribution in [2.75, 3.05) is 6.61 Å². The lowest BCUT2D eigenvalue weighted by Crippen LogP contribution is -2.25. The van der Waals surface area contributed by atoms with Crippen LogP contribution in [0.1, 0.15) is 25.0 Å². The highest BCUT2D eigenvalue weighted by molar-refractivity contribution is 6.50. The first kappa shape index (κ1) is 14.5. The number of allylic oxidation sites excluding steroid dienone is 2. The Hall–Kier alpha value is -2.42. The van der Waals surface area contributed by atoms with Crippen molar-refractivity contribution in [1.29, 1.82) is 0 Å². The van der Waals surface area contributed by atoms with Crippen molar-refractivity contribution in [2.24, 2.45) is 5.92 Å². The Kier molecular flexibility index (Phi) is 3.57. The van der Waals surface area contributed by atoms with Crippen LogP contribution in [0, 0.1) is 12.8 Å². The maximum atomic E-state index is 12.2. The van der Waals surface area contributed by atoms with Gasteiger partial charge in [-0.15, -0.1) is 0 Å². The molecule has 1 heterocycles. The van der Waals surface area contributed by atoms with Gasteiger partial charge in [0.1, 0.15) is 5.76 Å². The maximum absolute atomic E-state index is 12.2. The van der Waals surface area contributed by atoms with E-state index in [4.69, 9.17) is 4.74 Å². The molecule has 3 rings (SSSR count). The smallest absolute Gasteiger partial charge is 0.233 e. The van der Waals surface area contributed by atoms with Gasteiger partial charge in [-0.3, -0.25) is 9.59 Å². The Morgan fingerprint density at radius 1 is 1.09 bits per heavy atom. The fourth-order valence-electron chi connectivity index (χ4n) is 2.88. The van der Waals surface area contributed by atoms with Gasteiger partial charge in [0.05, 0.1) is 12.2 Å². The molecule has 0 radical (unpaired) electrons. The van der Waals surface area contributed by atoms with Gasteiger partial charge in [0.15, 0.2) is 0 Å². The second-order valence-corrected chi connectivity index (χ2v) is 5.84. The Morgan fingerprint density at radius 3 is 2.55 bits per heavy atom. The van der Waals surface area contributed by atoms with Crippen LogP contribution in [0.5, 0.6) is 0 Å². The Balaban J connectivity index is 2.05. The molecule has 1 aromatic carbocycles. The fourth-order valence-corrected chi connectivity index (χ4v) is 2.88. The molecule has 3 nitrogen and oxygen atoms in total. The molecule has 1 aliphatic heterocycles. The molecule has 0 bridgehead atoms. The summed E-state index contributed by atoms with van der Waals surface area (Å²) in [5.74, 6) is -0.271. The molecule has 0 fully saturated rings. The first-order valence-corrected chi connectivity index (χ1v) is 7.41. The topological polar surface area (TPSA) is 43.4 Å². The number of carbonyl (C=O) groups excluding carboxylic acids is 2. The van der Waals surface area contributed by atoms with E-state index in [9.17, 15) is 9.59 Å². The quantitative estimate of drug-likeness (QED) is 0.620. The number of carbonyl (C=O) groups is 2. The summed E-state index contributed by atoms with van der Waals surface area (Å²) in [6.07, 6.45) is 3.85. The first-order valence-electron chi connectivity index (χ1n) is 7.41. The van der Waals surface area contributed by atoms with Gasteiger partial charge in [-0.1, -0.05) is 43.3 Å². The average Bonchev–Trinajstić information content (AvgIpc) is 2.88. The number of aryl methyl sites for hydroxylation is 1. The van der Waals surface area contributed by atoms with Gasteiger partial charge in [-0.25, -0.2) is 0 Å². The number of ether oxygens (including phenoxy) is 1. The fraction of sp³-hybridized carbons (Fsp3) is 0.263. The van der Waals surface area contributed by atoms with Crippen LogP contribution in [0.15, 0.2) is 52.8 Å². The van der Waals surface area contributed by atoms with Crippen LogP contribution < -0.4 is 0 Å². The highest BCUT2D eigenvalue weighted by atomic mass is 16.5. The zero-order chi connectivity index (χ0) is 15.9. The minimum Gasteiger partial charge on any atom is -0.492 e. The molecule has 0 saturated carbocycles. The minimum absolute atomic E-state index is 0.0265. The number of ketones is 2. The summed E-state index contributed by atoms with van der Waals surface area (Å²) in [5, 5.41) is 0. The van der Waals surface area contributed by atoms with Crippen LogP contribution in [-0.2, 0) is 14.3 Å². The second kappa shape index (κ2) is 5.41. The molecule has 0 N–H and O–H groups in total. The molecule has 22 heavy (non-hydrogen) atoms. The number of hydrogen-bond donors (Lipinski definition) is 0. The predicted molar refractivity (Wildman–Crippen MR) is 85.1 cm³/mol. The first-order chi connectivity index (χ1) is 10.5. The maximum Gasteiger partial charge on any atom is 0.233 e. The third kappa shape index (κ3) is 2.23. The van der Waals surface area contributed by atoms with Gasteiger partial charge in [0.25, 0.3) is 0 Å². The number of hydrogen-bond acceptors (Lipinski definition) is 3. The van der Waals surface area contributed by atoms with Crippen molar-refractivity contribution in [3.8, 4) is 0 Å². The highest BCUT2D eigenvalue weighted by Crippen LogP contribution is 2.37. The van der Waals surface area contributed by atoms with Gasteiger partial charge in [0, 0.05) is 17.1 Å². The summed E-state index contributed by atoms with van der Waals surface area (Å²) in [5.41, 5.74) is 3.96. The zero-order valence-corrected chi connectivity index (χ0v) is 13.0. The third-order valence-corrected chi connectivity index (χ3v) is 4.27. The monoisotopic (exact) mass is 294 g/mol.